The molecule has 1 atom stereocenters. The zero-order valence-corrected chi connectivity index (χ0v) is 9.81. The Morgan fingerprint density at radius 2 is 2.00 bits per heavy atom. The van der Waals surface area contributed by atoms with Gasteiger partial charge in [0.15, 0.2) is 0 Å². The molecule has 3 nitrogen and oxygen atoms in total. The van der Waals surface area contributed by atoms with Crippen molar-refractivity contribution in [3.8, 4) is 0 Å². The predicted octanol–water partition coefficient (Wildman–Crippen LogP) is 2.23. The zero-order chi connectivity index (χ0) is 12.3. The van der Waals surface area contributed by atoms with E-state index < -0.39 is 0 Å². The second-order valence-corrected chi connectivity index (χ2v) is 3.89. The van der Waals surface area contributed by atoms with Gasteiger partial charge in [-0.2, -0.15) is 0 Å². The maximum absolute atomic E-state index is 13.1. The lowest BCUT2D eigenvalue weighted by atomic mass is 10.0. The Kier molecular flexibility index (Phi) is 3.44. The van der Waals surface area contributed by atoms with E-state index in [1.807, 2.05) is 26.1 Å². The predicted molar refractivity (Wildman–Crippen MR) is 64.1 cm³/mol. The summed E-state index contributed by atoms with van der Waals surface area (Å²) in [6.45, 7) is 1.93. The van der Waals surface area contributed by atoms with Crippen LogP contribution in [0.15, 0.2) is 36.8 Å². The molecule has 0 amide bonds. The molecule has 0 aliphatic carbocycles. The normalized spacial score (nSPS) is 12.4. The van der Waals surface area contributed by atoms with E-state index >= 15 is 0 Å². The van der Waals surface area contributed by atoms with Crippen molar-refractivity contribution in [2.75, 3.05) is 7.05 Å². The van der Waals surface area contributed by atoms with Gasteiger partial charge in [-0.25, -0.2) is 4.39 Å². The number of hydrogen-bond acceptors (Lipinski definition) is 3. The van der Waals surface area contributed by atoms with Gasteiger partial charge in [-0.1, -0.05) is 6.07 Å². The molecule has 0 bridgehead atoms. The van der Waals surface area contributed by atoms with E-state index in [1.165, 1.54) is 12.3 Å². The van der Waals surface area contributed by atoms with Gasteiger partial charge < -0.3 is 5.32 Å². The Balaban J connectivity index is 2.36. The fourth-order valence-corrected chi connectivity index (χ4v) is 1.76. The molecule has 0 aliphatic heterocycles. The molecule has 0 spiro atoms. The van der Waals surface area contributed by atoms with Crippen LogP contribution >= 0.6 is 0 Å². The van der Waals surface area contributed by atoms with Crippen molar-refractivity contribution >= 4 is 0 Å². The molecule has 0 aromatic carbocycles. The summed E-state index contributed by atoms with van der Waals surface area (Å²) >= 11 is 0. The van der Waals surface area contributed by atoms with Gasteiger partial charge in [-0.3, -0.25) is 9.97 Å². The molecule has 0 radical (unpaired) electrons. The minimum atomic E-state index is -0.331. The highest BCUT2D eigenvalue weighted by molar-refractivity contribution is 5.29. The van der Waals surface area contributed by atoms with E-state index in [9.17, 15) is 4.39 Å². The van der Waals surface area contributed by atoms with Crippen molar-refractivity contribution in [1.82, 2.24) is 15.3 Å². The van der Waals surface area contributed by atoms with E-state index in [1.54, 1.807) is 12.4 Å². The minimum Gasteiger partial charge on any atom is -0.309 e. The van der Waals surface area contributed by atoms with Crippen molar-refractivity contribution in [3.05, 3.63) is 59.4 Å². The second kappa shape index (κ2) is 5.01. The van der Waals surface area contributed by atoms with Crippen molar-refractivity contribution < 1.29 is 4.39 Å². The van der Waals surface area contributed by atoms with Crippen LogP contribution in [0.3, 0.4) is 0 Å². The molecule has 1 unspecified atom stereocenters. The SMILES string of the molecule is CNC(c1ccc(C)nc1)c1cncc(F)c1. The van der Waals surface area contributed by atoms with Crippen LogP contribution in [0.4, 0.5) is 4.39 Å². The Hall–Kier alpha value is -1.81. The van der Waals surface area contributed by atoms with Crippen molar-refractivity contribution in [2.45, 2.75) is 13.0 Å². The maximum atomic E-state index is 13.1. The number of halogens is 1. The van der Waals surface area contributed by atoms with Crippen molar-refractivity contribution in [1.29, 1.82) is 0 Å². The van der Waals surface area contributed by atoms with Gasteiger partial charge in [0.1, 0.15) is 5.82 Å². The van der Waals surface area contributed by atoms with E-state index in [4.69, 9.17) is 0 Å². The van der Waals surface area contributed by atoms with E-state index in [0.717, 1.165) is 16.8 Å². The summed E-state index contributed by atoms with van der Waals surface area (Å²) in [7, 11) is 1.83. The van der Waals surface area contributed by atoms with Crippen LogP contribution in [-0.4, -0.2) is 17.0 Å². The third kappa shape index (κ3) is 2.65. The summed E-state index contributed by atoms with van der Waals surface area (Å²) in [6, 6.07) is 5.31. The highest BCUT2D eigenvalue weighted by Gasteiger charge is 2.13. The Morgan fingerprint density at radius 1 is 1.18 bits per heavy atom. The van der Waals surface area contributed by atoms with E-state index in [2.05, 4.69) is 15.3 Å². The summed E-state index contributed by atoms with van der Waals surface area (Å²) in [4.78, 5) is 8.10. The first kappa shape index (κ1) is 11.7. The lowest BCUT2D eigenvalue weighted by Crippen LogP contribution is -2.18. The molecule has 17 heavy (non-hydrogen) atoms. The monoisotopic (exact) mass is 231 g/mol. The molecule has 0 aliphatic rings. The molecule has 88 valence electrons. The first-order chi connectivity index (χ1) is 8.20. The van der Waals surface area contributed by atoms with Gasteiger partial charge in [0.2, 0.25) is 0 Å². The van der Waals surface area contributed by atoms with Gasteiger partial charge in [0.05, 0.1) is 12.2 Å². The lowest BCUT2D eigenvalue weighted by Gasteiger charge is -2.16. The fraction of sp³-hybridized carbons (Fsp3) is 0.231. The molecule has 2 rings (SSSR count). The molecule has 2 heterocycles. The summed E-state index contributed by atoms with van der Waals surface area (Å²) in [5, 5.41) is 3.13. The van der Waals surface area contributed by atoms with Crippen LogP contribution < -0.4 is 5.32 Å². The molecule has 2 aromatic heterocycles. The maximum Gasteiger partial charge on any atom is 0.141 e. The average molecular weight is 231 g/mol. The number of aromatic nitrogens is 2. The van der Waals surface area contributed by atoms with Gasteiger partial charge in [-0.05, 0) is 37.2 Å². The number of hydrogen-bond donors (Lipinski definition) is 1. The fourth-order valence-electron chi connectivity index (χ4n) is 1.76. The summed E-state index contributed by atoms with van der Waals surface area (Å²) in [5.74, 6) is -0.331. The van der Waals surface area contributed by atoms with E-state index in [-0.39, 0.29) is 11.9 Å². The highest BCUT2D eigenvalue weighted by atomic mass is 19.1. The zero-order valence-electron chi connectivity index (χ0n) is 9.81. The molecule has 2 aromatic rings. The molecule has 0 saturated heterocycles. The number of pyridine rings is 2. The smallest absolute Gasteiger partial charge is 0.141 e. The number of rotatable bonds is 3. The third-order valence-electron chi connectivity index (χ3n) is 2.62. The van der Waals surface area contributed by atoms with Crippen molar-refractivity contribution in [3.63, 3.8) is 0 Å². The van der Waals surface area contributed by atoms with Crippen LogP contribution in [0.25, 0.3) is 0 Å². The molecule has 1 N–H and O–H groups in total. The van der Waals surface area contributed by atoms with Crippen LogP contribution in [0.1, 0.15) is 22.9 Å². The quantitative estimate of drug-likeness (QED) is 0.880. The summed E-state index contributed by atoms with van der Waals surface area (Å²) in [6.07, 6.45) is 4.65. The van der Waals surface area contributed by atoms with Crippen LogP contribution in [0.5, 0.6) is 0 Å². The molecule has 4 heteroatoms. The minimum absolute atomic E-state index is 0.0914. The third-order valence-corrected chi connectivity index (χ3v) is 2.62. The topological polar surface area (TPSA) is 37.8 Å². The number of nitrogens with zero attached hydrogens (tertiary/aromatic N) is 2. The molecule has 0 saturated carbocycles. The van der Waals surface area contributed by atoms with Gasteiger partial charge in [0, 0.05) is 18.1 Å². The summed E-state index contributed by atoms with van der Waals surface area (Å²) in [5.41, 5.74) is 2.74. The molecular weight excluding hydrogens is 217 g/mol. The summed E-state index contributed by atoms with van der Waals surface area (Å²) < 4.78 is 13.1. The Morgan fingerprint density at radius 3 is 2.59 bits per heavy atom. The first-order valence-corrected chi connectivity index (χ1v) is 5.41. The Bertz CT molecular complexity index is 496. The lowest BCUT2D eigenvalue weighted by molar-refractivity contribution is 0.608. The number of aryl methyl sites for hydroxylation is 1. The molecular formula is C13H14FN3. The largest absolute Gasteiger partial charge is 0.309 e. The van der Waals surface area contributed by atoms with Gasteiger partial charge in [0.25, 0.3) is 0 Å². The van der Waals surface area contributed by atoms with Gasteiger partial charge >= 0.3 is 0 Å². The van der Waals surface area contributed by atoms with Crippen LogP contribution in [0.2, 0.25) is 0 Å². The second-order valence-electron chi connectivity index (χ2n) is 3.89. The highest BCUT2D eigenvalue weighted by Crippen LogP contribution is 2.20. The van der Waals surface area contributed by atoms with Crippen LogP contribution in [0, 0.1) is 12.7 Å². The standard InChI is InChI=1S/C13H14FN3/c1-9-3-4-10(7-17-9)13(15-2)11-5-12(14)8-16-6-11/h3-8,13,15H,1-2H3. The van der Waals surface area contributed by atoms with Gasteiger partial charge in [-0.15, -0.1) is 0 Å². The van der Waals surface area contributed by atoms with Crippen molar-refractivity contribution in [2.24, 2.45) is 0 Å². The average Bonchev–Trinajstić information content (AvgIpc) is 2.33. The first-order valence-electron chi connectivity index (χ1n) is 5.41. The van der Waals surface area contributed by atoms with Crippen LogP contribution in [-0.2, 0) is 0 Å². The van der Waals surface area contributed by atoms with E-state index in [0.29, 0.717) is 0 Å². The number of nitrogens with one attached hydrogen (secondary N) is 1. The Labute approximate surface area is 99.7 Å². The molecule has 0 fully saturated rings.